The number of benzene rings is 1. The van der Waals surface area contributed by atoms with Gasteiger partial charge in [0.2, 0.25) is 11.8 Å². The number of nitrogens with zero attached hydrogens (tertiary/aromatic N) is 4. The second-order valence-corrected chi connectivity index (χ2v) is 7.15. The van der Waals surface area contributed by atoms with Crippen LogP contribution in [0, 0.1) is 0 Å². The molecule has 0 aliphatic carbocycles. The predicted molar refractivity (Wildman–Crippen MR) is 109 cm³/mol. The zero-order valence-electron chi connectivity index (χ0n) is 16.5. The third-order valence-electron chi connectivity index (χ3n) is 5.04. The Labute approximate surface area is 170 Å². The third-order valence-corrected chi connectivity index (χ3v) is 5.04. The van der Waals surface area contributed by atoms with Gasteiger partial charge in [-0.2, -0.15) is 5.10 Å². The van der Waals surface area contributed by atoms with Crippen LogP contribution in [0.5, 0.6) is 0 Å². The molecule has 0 saturated carbocycles. The van der Waals surface area contributed by atoms with Crippen molar-refractivity contribution in [1.29, 1.82) is 0 Å². The molecule has 0 saturated heterocycles. The first-order valence-electron chi connectivity index (χ1n) is 9.33. The summed E-state index contributed by atoms with van der Waals surface area (Å²) in [5.41, 5.74) is -0.171. The van der Waals surface area contributed by atoms with Crippen LogP contribution in [0.15, 0.2) is 52.2 Å². The standard InChI is InChI=1S/C20H20N6O4/c1-24-9-8-14(23-24)21-15(27)10-13-16-17(22-18(13)28)26(20(30)25(2)19(16)29)11-12-6-4-3-5-7-12/h3-9,13H,10-11H2,1-2H3,(H,22,28)(H,21,23,27). The SMILES string of the molecule is Cn1ccc(NC(=O)CC2C(=O)Nc3c2c(=O)n(C)c(=O)n3Cc2ccccc2)n1. The number of anilines is 2. The highest BCUT2D eigenvalue weighted by molar-refractivity contribution is 6.05. The van der Waals surface area contributed by atoms with Gasteiger partial charge in [-0.3, -0.25) is 28.2 Å². The van der Waals surface area contributed by atoms with E-state index in [0.717, 1.165) is 10.1 Å². The van der Waals surface area contributed by atoms with Crippen molar-refractivity contribution in [3.63, 3.8) is 0 Å². The molecule has 1 atom stereocenters. The predicted octanol–water partition coefficient (Wildman–Crippen LogP) is 0.393. The lowest BCUT2D eigenvalue weighted by molar-refractivity contribution is -0.122. The molecule has 2 amide bonds. The fourth-order valence-corrected chi connectivity index (χ4v) is 3.54. The first-order chi connectivity index (χ1) is 14.3. The highest BCUT2D eigenvalue weighted by Gasteiger charge is 2.38. The van der Waals surface area contributed by atoms with E-state index in [9.17, 15) is 19.2 Å². The topological polar surface area (TPSA) is 120 Å². The van der Waals surface area contributed by atoms with E-state index in [4.69, 9.17) is 0 Å². The Bertz CT molecular complexity index is 1250. The fraction of sp³-hybridized carbons (Fsp3) is 0.250. The number of hydrogen-bond donors (Lipinski definition) is 2. The summed E-state index contributed by atoms with van der Waals surface area (Å²) >= 11 is 0. The van der Waals surface area contributed by atoms with Gasteiger partial charge in [0.05, 0.1) is 18.0 Å². The number of carbonyl (C=O) groups excluding carboxylic acids is 2. The van der Waals surface area contributed by atoms with Crippen molar-refractivity contribution in [3.8, 4) is 0 Å². The average Bonchev–Trinajstić information content (AvgIpc) is 3.27. The van der Waals surface area contributed by atoms with Crippen molar-refractivity contribution >= 4 is 23.5 Å². The van der Waals surface area contributed by atoms with Gasteiger partial charge in [-0.15, -0.1) is 0 Å². The quantitative estimate of drug-likeness (QED) is 0.633. The molecule has 0 bridgehead atoms. The minimum atomic E-state index is -0.995. The number of aromatic nitrogens is 4. The van der Waals surface area contributed by atoms with Crippen LogP contribution in [-0.4, -0.2) is 30.7 Å². The molecule has 154 valence electrons. The van der Waals surface area contributed by atoms with Crippen molar-refractivity contribution < 1.29 is 9.59 Å². The first-order valence-corrected chi connectivity index (χ1v) is 9.33. The monoisotopic (exact) mass is 408 g/mol. The summed E-state index contributed by atoms with van der Waals surface area (Å²) in [6.07, 6.45) is 1.43. The van der Waals surface area contributed by atoms with Crippen LogP contribution in [0.2, 0.25) is 0 Å². The van der Waals surface area contributed by atoms with Crippen LogP contribution in [0.3, 0.4) is 0 Å². The van der Waals surface area contributed by atoms with Gasteiger partial charge in [0.25, 0.3) is 5.56 Å². The molecule has 0 radical (unpaired) electrons. The molecule has 0 fully saturated rings. The molecule has 3 heterocycles. The normalized spacial score (nSPS) is 15.0. The number of aryl methyl sites for hydroxylation is 1. The zero-order valence-corrected chi connectivity index (χ0v) is 16.5. The van der Waals surface area contributed by atoms with E-state index < -0.39 is 29.0 Å². The minimum Gasteiger partial charge on any atom is -0.311 e. The number of rotatable bonds is 5. The Hall–Kier alpha value is -3.95. The van der Waals surface area contributed by atoms with Gasteiger partial charge in [-0.05, 0) is 5.56 Å². The number of carbonyl (C=O) groups is 2. The van der Waals surface area contributed by atoms with Gasteiger partial charge in [-0.25, -0.2) is 4.79 Å². The summed E-state index contributed by atoms with van der Waals surface area (Å²) in [5, 5.41) is 9.31. The highest BCUT2D eigenvalue weighted by atomic mass is 16.2. The lowest BCUT2D eigenvalue weighted by atomic mass is 9.99. The van der Waals surface area contributed by atoms with Gasteiger partial charge in [0.15, 0.2) is 5.82 Å². The number of nitrogens with one attached hydrogen (secondary N) is 2. The van der Waals surface area contributed by atoms with Crippen molar-refractivity contribution in [1.82, 2.24) is 18.9 Å². The van der Waals surface area contributed by atoms with Crippen molar-refractivity contribution in [2.24, 2.45) is 14.1 Å². The van der Waals surface area contributed by atoms with Gasteiger partial charge >= 0.3 is 5.69 Å². The van der Waals surface area contributed by atoms with Gasteiger partial charge in [0, 0.05) is 32.8 Å². The zero-order chi connectivity index (χ0) is 21.4. The summed E-state index contributed by atoms with van der Waals surface area (Å²) in [7, 11) is 3.08. The van der Waals surface area contributed by atoms with E-state index >= 15 is 0 Å². The molecule has 1 unspecified atom stereocenters. The van der Waals surface area contributed by atoms with Crippen molar-refractivity contribution in [3.05, 3.63) is 74.6 Å². The van der Waals surface area contributed by atoms with Crippen molar-refractivity contribution in [2.75, 3.05) is 10.6 Å². The second-order valence-electron chi connectivity index (χ2n) is 7.15. The van der Waals surface area contributed by atoms with E-state index in [0.29, 0.717) is 5.82 Å². The molecule has 2 aromatic heterocycles. The summed E-state index contributed by atoms with van der Waals surface area (Å²) in [6.45, 7) is 0.184. The molecule has 4 rings (SSSR count). The number of amides is 2. The maximum Gasteiger partial charge on any atom is 0.332 e. The first kappa shape index (κ1) is 19.4. The van der Waals surface area contributed by atoms with Crippen LogP contribution in [0.4, 0.5) is 11.6 Å². The summed E-state index contributed by atoms with van der Waals surface area (Å²) < 4.78 is 3.84. The van der Waals surface area contributed by atoms with Crippen LogP contribution in [-0.2, 0) is 30.2 Å². The van der Waals surface area contributed by atoms with Crippen LogP contribution >= 0.6 is 0 Å². The summed E-state index contributed by atoms with van der Waals surface area (Å²) in [5.74, 6) is -1.45. The highest BCUT2D eigenvalue weighted by Crippen LogP contribution is 2.31. The lowest BCUT2D eigenvalue weighted by Crippen LogP contribution is -2.40. The van der Waals surface area contributed by atoms with E-state index in [1.165, 1.54) is 16.3 Å². The molecule has 1 aromatic carbocycles. The van der Waals surface area contributed by atoms with E-state index in [-0.39, 0.29) is 24.3 Å². The lowest BCUT2D eigenvalue weighted by Gasteiger charge is -2.14. The van der Waals surface area contributed by atoms with Crippen molar-refractivity contribution in [2.45, 2.75) is 18.9 Å². The molecule has 2 N–H and O–H groups in total. The smallest absolute Gasteiger partial charge is 0.311 e. The maximum absolute atomic E-state index is 12.8. The van der Waals surface area contributed by atoms with E-state index in [1.807, 2.05) is 30.3 Å². The van der Waals surface area contributed by atoms with Crippen LogP contribution < -0.4 is 21.9 Å². The molecule has 0 spiro atoms. The largest absolute Gasteiger partial charge is 0.332 e. The summed E-state index contributed by atoms with van der Waals surface area (Å²) in [4.78, 5) is 50.6. The van der Waals surface area contributed by atoms with E-state index in [1.54, 1.807) is 19.3 Å². The number of hydrogen-bond acceptors (Lipinski definition) is 5. The minimum absolute atomic E-state index is 0.120. The molecule has 10 nitrogen and oxygen atoms in total. The molecule has 30 heavy (non-hydrogen) atoms. The third kappa shape index (κ3) is 3.43. The molecule has 1 aliphatic rings. The van der Waals surface area contributed by atoms with Gasteiger partial charge < -0.3 is 10.6 Å². The Morgan fingerprint density at radius 3 is 2.53 bits per heavy atom. The Morgan fingerprint density at radius 1 is 1.13 bits per heavy atom. The van der Waals surface area contributed by atoms with Crippen LogP contribution in [0.25, 0.3) is 0 Å². The Balaban J connectivity index is 1.69. The molecular formula is C20H20N6O4. The number of fused-ring (bicyclic) bond motifs is 1. The van der Waals surface area contributed by atoms with Crippen LogP contribution in [0.1, 0.15) is 23.5 Å². The molecule has 1 aliphatic heterocycles. The van der Waals surface area contributed by atoms with Gasteiger partial charge in [-0.1, -0.05) is 30.3 Å². The molecule has 3 aromatic rings. The average molecular weight is 408 g/mol. The molecular weight excluding hydrogens is 388 g/mol. The summed E-state index contributed by atoms with van der Waals surface area (Å²) in [6, 6.07) is 10.8. The maximum atomic E-state index is 12.8. The van der Waals surface area contributed by atoms with E-state index in [2.05, 4.69) is 15.7 Å². The van der Waals surface area contributed by atoms with Gasteiger partial charge in [0.1, 0.15) is 5.82 Å². The molecule has 10 heteroatoms. The fourth-order valence-electron chi connectivity index (χ4n) is 3.54. The Kier molecular flexibility index (Phi) is 4.82. The second kappa shape index (κ2) is 7.47. The Morgan fingerprint density at radius 2 is 1.87 bits per heavy atom.